The number of hydrogen-bond donors (Lipinski definition) is 1. The Morgan fingerprint density at radius 2 is 1.48 bits per heavy atom. The third kappa shape index (κ3) is 6.87. The first-order valence-electron chi connectivity index (χ1n) is 9.81. The van der Waals surface area contributed by atoms with Gasteiger partial charge in [0.25, 0.3) is 0 Å². The summed E-state index contributed by atoms with van der Waals surface area (Å²) in [6.07, 6.45) is -3.81. The van der Waals surface area contributed by atoms with Crippen LogP contribution in [0.2, 0.25) is 0 Å². The number of alkyl halides is 3. The number of piperazine rings is 1. The van der Waals surface area contributed by atoms with Gasteiger partial charge in [-0.15, -0.1) is 0 Å². The molecule has 0 spiro atoms. The van der Waals surface area contributed by atoms with Crippen LogP contribution < -0.4 is 5.32 Å². The van der Waals surface area contributed by atoms with Crippen molar-refractivity contribution in [3.63, 3.8) is 0 Å². The smallest absolute Gasteiger partial charge is 0.355 e. The van der Waals surface area contributed by atoms with E-state index in [2.05, 4.69) is 27.2 Å². The van der Waals surface area contributed by atoms with Crippen molar-refractivity contribution in [1.82, 2.24) is 15.1 Å². The minimum atomic E-state index is -4.32. The number of halogens is 3. The van der Waals surface area contributed by atoms with Gasteiger partial charge in [0.1, 0.15) is 0 Å². The Kier molecular flexibility index (Phi) is 7.28. The van der Waals surface area contributed by atoms with E-state index >= 15 is 0 Å². The number of nitrogens with zero attached hydrogens (tertiary/aromatic N) is 2. The lowest BCUT2D eigenvalue weighted by Gasteiger charge is -2.34. The molecule has 7 heteroatoms. The molecule has 0 unspecified atom stereocenters. The second kappa shape index (κ2) is 9.89. The van der Waals surface area contributed by atoms with Crippen molar-refractivity contribution in [1.29, 1.82) is 0 Å². The largest absolute Gasteiger partial charge is 0.416 e. The number of benzene rings is 2. The summed E-state index contributed by atoms with van der Waals surface area (Å²) in [5.74, 6) is -0.0478. The second-order valence-electron chi connectivity index (χ2n) is 7.33. The Morgan fingerprint density at radius 3 is 2.10 bits per heavy atom. The van der Waals surface area contributed by atoms with Gasteiger partial charge in [-0.05, 0) is 29.7 Å². The summed E-state index contributed by atoms with van der Waals surface area (Å²) in [7, 11) is 0. The molecule has 2 aromatic rings. The molecule has 0 saturated carbocycles. The SMILES string of the molecule is O=C(CN1CCN(Cc2ccccc2)CC1)NCCc1ccc(C(F)(F)F)cc1. The molecule has 0 radical (unpaired) electrons. The molecule has 1 N–H and O–H groups in total. The molecule has 0 aliphatic carbocycles. The van der Waals surface area contributed by atoms with E-state index < -0.39 is 11.7 Å². The fourth-order valence-corrected chi connectivity index (χ4v) is 3.41. The van der Waals surface area contributed by atoms with Crippen LogP contribution in [0.1, 0.15) is 16.7 Å². The molecule has 1 heterocycles. The summed E-state index contributed by atoms with van der Waals surface area (Å²) in [6.45, 7) is 5.23. The number of amides is 1. The average Bonchev–Trinajstić information content (AvgIpc) is 2.70. The third-order valence-corrected chi connectivity index (χ3v) is 5.10. The van der Waals surface area contributed by atoms with Crippen LogP contribution in [0, 0.1) is 0 Å². The molecule has 1 aliphatic rings. The van der Waals surface area contributed by atoms with E-state index in [1.165, 1.54) is 17.7 Å². The Bertz CT molecular complexity index is 770. The monoisotopic (exact) mass is 405 g/mol. The van der Waals surface area contributed by atoms with E-state index in [4.69, 9.17) is 0 Å². The van der Waals surface area contributed by atoms with Gasteiger partial charge in [-0.2, -0.15) is 13.2 Å². The highest BCUT2D eigenvalue weighted by Crippen LogP contribution is 2.29. The number of hydrogen-bond acceptors (Lipinski definition) is 3. The predicted molar refractivity (Wildman–Crippen MR) is 106 cm³/mol. The molecule has 1 aliphatic heterocycles. The highest BCUT2D eigenvalue weighted by atomic mass is 19.4. The molecule has 2 aromatic carbocycles. The van der Waals surface area contributed by atoms with Gasteiger partial charge < -0.3 is 5.32 Å². The molecule has 3 rings (SSSR count). The van der Waals surface area contributed by atoms with Gasteiger partial charge in [0.2, 0.25) is 5.91 Å². The fourth-order valence-electron chi connectivity index (χ4n) is 3.41. The van der Waals surface area contributed by atoms with Crippen LogP contribution in [0.4, 0.5) is 13.2 Å². The van der Waals surface area contributed by atoms with Crippen molar-refractivity contribution in [2.45, 2.75) is 19.1 Å². The minimum absolute atomic E-state index is 0.0478. The van der Waals surface area contributed by atoms with Crippen LogP contribution >= 0.6 is 0 Å². The highest BCUT2D eigenvalue weighted by molar-refractivity contribution is 5.78. The maximum absolute atomic E-state index is 12.6. The van der Waals surface area contributed by atoms with Crippen molar-refractivity contribution < 1.29 is 18.0 Å². The maximum atomic E-state index is 12.6. The first kappa shape index (κ1) is 21.3. The zero-order valence-corrected chi connectivity index (χ0v) is 16.3. The van der Waals surface area contributed by atoms with E-state index in [-0.39, 0.29) is 5.91 Å². The lowest BCUT2D eigenvalue weighted by atomic mass is 10.1. The molecule has 1 fully saturated rings. The van der Waals surface area contributed by atoms with Crippen LogP contribution in [-0.2, 0) is 23.9 Å². The van der Waals surface area contributed by atoms with Gasteiger partial charge >= 0.3 is 6.18 Å². The van der Waals surface area contributed by atoms with Crippen molar-refractivity contribution >= 4 is 5.91 Å². The van der Waals surface area contributed by atoms with E-state index in [9.17, 15) is 18.0 Å². The summed E-state index contributed by atoms with van der Waals surface area (Å²) < 4.78 is 37.7. The van der Waals surface area contributed by atoms with Gasteiger partial charge in [-0.1, -0.05) is 42.5 Å². The number of carbonyl (C=O) groups excluding carboxylic acids is 1. The van der Waals surface area contributed by atoms with E-state index in [0.29, 0.717) is 19.5 Å². The van der Waals surface area contributed by atoms with Crippen LogP contribution in [0.15, 0.2) is 54.6 Å². The topological polar surface area (TPSA) is 35.6 Å². The number of rotatable bonds is 7. The van der Waals surface area contributed by atoms with E-state index in [1.807, 2.05) is 18.2 Å². The molecule has 4 nitrogen and oxygen atoms in total. The first-order valence-corrected chi connectivity index (χ1v) is 9.81. The van der Waals surface area contributed by atoms with Gasteiger partial charge in [-0.3, -0.25) is 14.6 Å². The molecule has 29 heavy (non-hydrogen) atoms. The second-order valence-corrected chi connectivity index (χ2v) is 7.33. The molecule has 156 valence electrons. The third-order valence-electron chi connectivity index (χ3n) is 5.10. The standard InChI is InChI=1S/C22H26F3N3O/c23-22(24,25)20-8-6-18(7-9-20)10-11-26-21(29)17-28-14-12-27(13-15-28)16-19-4-2-1-3-5-19/h1-9H,10-17H2,(H,26,29). The fraction of sp³-hybridized carbons (Fsp3) is 0.409. The van der Waals surface area contributed by atoms with Crippen LogP contribution in [-0.4, -0.2) is 55.0 Å². The minimum Gasteiger partial charge on any atom is -0.355 e. The predicted octanol–water partition coefficient (Wildman–Crippen LogP) is 3.18. The zero-order chi connectivity index (χ0) is 20.7. The molecule has 0 atom stereocenters. The van der Waals surface area contributed by atoms with Crippen molar-refractivity contribution in [2.75, 3.05) is 39.3 Å². The molecule has 0 bridgehead atoms. The van der Waals surface area contributed by atoms with E-state index in [0.717, 1.165) is 50.4 Å². The van der Waals surface area contributed by atoms with Crippen molar-refractivity contribution in [2.24, 2.45) is 0 Å². The molecule has 1 amide bonds. The summed E-state index contributed by atoms with van der Waals surface area (Å²) in [5.41, 5.74) is 1.41. The van der Waals surface area contributed by atoms with Gasteiger partial charge in [0, 0.05) is 39.3 Å². The molecular weight excluding hydrogens is 379 g/mol. The van der Waals surface area contributed by atoms with E-state index in [1.54, 1.807) is 0 Å². The van der Waals surface area contributed by atoms with Crippen LogP contribution in [0.3, 0.4) is 0 Å². The Morgan fingerprint density at radius 1 is 0.862 bits per heavy atom. The number of nitrogens with one attached hydrogen (secondary N) is 1. The normalized spacial score (nSPS) is 16.0. The maximum Gasteiger partial charge on any atom is 0.416 e. The quantitative estimate of drug-likeness (QED) is 0.769. The van der Waals surface area contributed by atoms with Gasteiger partial charge in [0.05, 0.1) is 12.1 Å². The highest BCUT2D eigenvalue weighted by Gasteiger charge is 2.29. The molecule has 0 aromatic heterocycles. The lowest BCUT2D eigenvalue weighted by molar-refractivity contribution is -0.137. The first-order chi connectivity index (χ1) is 13.9. The summed E-state index contributed by atoms with van der Waals surface area (Å²) in [4.78, 5) is 16.7. The number of carbonyl (C=O) groups is 1. The summed E-state index contributed by atoms with van der Waals surface area (Å²) in [5, 5.41) is 2.86. The van der Waals surface area contributed by atoms with Crippen molar-refractivity contribution in [3.05, 3.63) is 71.3 Å². The average molecular weight is 405 g/mol. The molecular formula is C22H26F3N3O. The Labute approximate surface area is 169 Å². The molecule has 1 saturated heterocycles. The van der Waals surface area contributed by atoms with Gasteiger partial charge in [0.15, 0.2) is 0 Å². The van der Waals surface area contributed by atoms with Crippen molar-refractivity contribution in [3.8, 4) is 0 Å². The van der Waals surface area contributed by atoms with Gasteiger partial charge in [-0.25, -0.2) is 0 Å². The Hall–Kier alpha value is -2.38. The summed E-state index contributed by atoms with van der Waals surface area (Å²) >= 11 is 0. The zero-order valence-electron chi connectivity index (χ0n) is 16.3. The Balaban J connectivity index is 1.33. The summed E-state index contributed by atoms with van der Waals surface area (Å²) in [6, 6.07) is 15.4. The van der Waals surface area contributed by atoms with Crippen LogP contribution in [0.5, 0.6) is 0 Å². The van der Waals surface area contributed by atoms with Crippen LogP contribution in [0.25, 0.3) is 0 Å². The lowest BCUT2D eigenvalue weighted by Crippen LogP contribution is -2.49.